The quantitative estimate of drug-likeness (QED) is 0.875. The first-order valence-corrected chi connectivity index (χ1v) is 8.21. The normalized spacial score (nSPS) is 32.6. The molecule has 2 N–H and O–H groups in total. The maximum Gasteiger partial charge on any atom is 0.0858 e. The monoisotopic (exact) mass is 289 g/mol. The van der Waals surface area contributed by atoms with Gasteiger partial charge in [-0.05, 0) is 45.1 Å². The number of ether oxygens (including phenoxy) is 1. The van der Waals surface area contributed by atoms with Crippen LogP contribution >= 0.6 is 0 Å². The first kappa shape index (κ1) is 15.0. The summed E-state index contributed by atoms with van der Waals surface area (Å²) in [6.07, 6.45) is 4.69. The highest BCUT2D eigenvalue weighted by Gasteiger charge is 2.49. The van der Waals surface area contributed by atoms with E-state index in [0.29, 0.717) is 18.2 Å². The van der Waals surface area contributed by atoms with Crippen molar-refractivity contribution < 1.29 is 9.84 Å². The van der Waals surface area contributed by atoms with Gasteiger partial charge in [-0.2, -0.15) is 0 Å². The molecule has 116 valence electrons. The van der Waals surface area contributed by atoms with Gasteiger partial charge in [0.1, 0.15) is 0 Å². The van der Waals surface area contributed by atoms with Gasteiger partial charge in [0.15, 0.2) is 0 Å². The van der Waals surface area contributed by atoms with E-state index in [1.54, 1.807) is 0 Å². The van der Waals surface area contributed by atoms with Crippen molar-refractivity contribution in [3.05, 3.63) is 35.9 Å². The van der Waals surface area contributed by atoms with Crippen molar-refractivity contribution in [1.29, 1.82) is 0 Å². The predicted molar refractivity (Wildman–Crippen MR) is 84.1 cm³/mol. The first-order chi connectivity index (χ1) is 10.1. The molecule has 21 heavy (non-hydrogen) atoms. The molecule has 2 aliphatic rings. The van der Waals surface area contributed by atoms with Gasteiger partial charge in [0, 0.05) is 18.0 Å². The number of aliphatic hydroxyl groups excluding tert-OH is 1. The predicted octanol–water partition coefficient (Wildman–Crippen LogP) is 3.05. The Morgan fingerprint density at radius 2 is 1.81 bits per heavy atom. The lowest BCUT2D eigenvalue weighted by molar-refractivity contribution is -0.0436. The SMILES string of the molecule is CC1CC(NCC2(C(O)c3ccccc3)CC2)CC(C)O1. The molecule has 3 unspecified atom stereocenters. The Hall–Kier alpha value is -0.900. The maximum absolute atomic E-state index is 10.7. The van der Waals surface area contributed by atoms with Crippen molar-refractivity contribution in [3.63, 3.8) is 0 Å². The molecule has 0 aromatic heterocycles. The van der Waals surface area contributed by atoms with Gasteiger partial charge in [-0.25, -0.2) is 0 Å². The Kier molecular flexibility index (Phi) is 4.34. The molecule has 1 heterocycles. The highest BCUT2D eigenvalue weighted by molar-refractivity contribution is 5.22. The van der Waals surface area contributed by atoms with Crippen LogP contribution in [0.25, 0.3) is 0 Å². The molecule has 0 bridgehead atoms. The summed E-state index contributed by atoms with van der Waals surface area (Å²) in [6, 6.07) is 10.6. The molecule has 2 fully saturated rings. The van der Waals surface area contributed by atoms with Crippen LogP contribution < -0.4 is 5.32 Å². The zero-order valence-corrected chi connectivity index (χ0v) is 13.1. The van der Waals surface area contributed by atoms with Gasteiger partial charge < -0.3 is 15.2 Å². The third-order valence-corrected chi connectivity index (χ3v) is 5.03. The van der Waals surface area contributed by atoms with Crippen LogP contribution in [0, 0.1) is 5.41 Å². The zero-order chi connectivity index (χ0) is 14.9. The van der Waals surface area contributed by atoms with Crippen LogP contribution in [0.15, 0.2) is 30.3 Å². The third-order valence-electron chi connectivity index (χ3n) is 5.03. The fraction of sp³-hybridized carbons (Fsp3) is 0.667. The molecular weight excluding hydrogens is 262 g/mol. The van der Waals surface area contributed by atoms with Crippen LogP contribution in [0.4, 0.5) is 0 Å². The van der Waals surface area contributed by atoms with Crippen molar-refractivity contribution in [2.45, 2.75) is 63.9 Å². The highest BCUT2D eigenvalue weighted by Crippen LogP contribution is 2.54. The van der Waals surface area contributed by atoms with Gasteiger partial charge in [0.25, 0.3) is 0 Å². The van der Waals surface area contributed by atoms with Crippen LogP contribution in [0.5, 0.6) is 0 Å². The molecule has 3 heteroatoms. The number of benzene rings is 1. The molecule has 1 aromatic carbocycles. The molecule has 1 saturated heterocycles. The van der Waals surface area contributed by atoms with Gasteiger partial charge in [-0.15, -0.1) is 0 Å². The molecule has 1 aliphatic heterocycles. The summed E-state index contributed by atoms with van der Waals surface area (Å²) in [5, 5.41) is 14.4. The average Bonchev–Trinajstić information content (AvgIpc) is 3.26. The summed E-state index contributed by atoms with van der Waals surface area (Å²) in [4.78, 5) is 0. The second-order valence-corrected chi connectivity index (χ2v) is 6.98. The van der Waals surface area contributed by atoms with Crippen LogP contribution in [0.1, 0.15) is 51.2 Å². The molecule has 3 rings (SSSR count). The van der Waals surface area contributed by atoms with E-state index in [9.17, 15) is 5.11 Å². The van der Waals surface area contributed by atoms with E-state index in [2.05, 4.69) is 19.2 Å². The van der Waals surface area contributed by atoms with Crippen LogP contribution in [0.3, 0.4) is 0 Å². The number of hydrogen-bond donors (Lipinski definition) is 2. The molecule has 0 amide bonds. The van der Waals surface area contributed by atoms with Gasteiger partial charge >= 0.3 is 0 Å². The minimum absolute atomic E-state index is 0.0478. The number of rotatable bonds is 5. The summed E-state index contributed by atoms with van der Waals surface area (Å²) >= 11 is 0. The Labute approximate surface area is 127 Å². The van der Waals surface area contributed by atoms with Gasteiger partial charge in [-0.1, -0.05) is 30.3 Å². The lowest BCUT2D eigenvalue weighted by Crippen LogP contribution is -2.44. The van der Waals surface area contributed by atoms with Crippen molar-refractivity contribution in [1.82, 2.24) is 5.32 Å². The third kappa shape index (κ3) is 3.47. The summed E-state index contributed by atoms with van der Waals surface area (Å²) in [7, 11) is 0. The minimum Gasteiger partial charge on any atom is -0.388 e. The molecule has 1 saturated carbocycles. The smallest absolute Gasteiger partial charge is 0.0858 e. The van der Waals surface area contributed by atoms with Crippen LogP contribution in [-0.4, -0.2) is 29.9 Å². The zero-order valence-electron chi connectivity index (χ0n) is 13.1. The van der Waals surface area contributed by atoms with Crippen LogP contribution in [0.2, 0.25) is 0 Å². The molecule has 0 radical (unpaired) electrons. The molecule has 1 aromatic rings. The van der Waals surface area contributed by atoms with Gasteiger partial charge in [0.2, 0.25) is 0 Å². The standard InChI is InChI=1S/C18H27NO2/c1-13-10-16(11-14(2)21-13)19-12-18(8-9-18)17(20)15-6-4-3-5-7-15/h3-7,13-14,16-17,19-20H,8-12H2,1-2H3. The molecule has 1 aliphatic carbocycles. The largest absolute Gasteiger partial charge is 0.388 e. The summed E-state index contributed by atoms with van der Waals surface area (Å²) in [5.74, 6) is 0. The van der Waals surface area contributed by atoms with Gasteiger partial charge in [0.05, 0.1) is 18.3 Å². The topological polar surface area (TPSA) is 41.5 Å². The average molecular weight is 289 g/mol. The van der Waals surface area contributed by atoms with Gasteiger partial charge in [-0.3, -0.25) is 0 Å². The lowest BCUT2D eigenvalue weighted by Gasteiger charge is -2.34. The number of nitrogens with one attached hydrogen (secondary N) is 1. The Bertz CT molecular complexity index is 448. The summed E-state index contributed by atoms with van der Waals surface area (Å²) in [5.41, 5.74) is 1.09. The fourth-order valence-corrected chi connectivity index (χ4v) is 3.62. The molecule has 3 atom stereocenters. The highest BCUT2D eigenvalue weighted by atomic mass is 16.5. The van der Waals surface area contributed by atoms with E-state index in [1.807, 2.05) is 30.3 Å². The summed E-state index contributed by atoms with van der Waals surface area (Å²) in [6.45, 7) is 5.21. The molecule has 0 spiro atoms. The van der Waals surface area contributed by atoms with E-state index >= 15 is 0 Å². The Morgan fingerprint density at radius 3 is 2.38 bits per heavy atom. The number of aliphatic hydroxyl groups is 1. The molecular formula is C18H27NO2. The van der Waals surface area contributed by atoms with Crippen molar-refractivity contribution >= 4 is 0 Å². The maximum atomic E-state index is 10.7. The van der Waals surface area contributed by atoms with E-state index in [4.69, 9.17) is 4.74 Å². The van der Waals surface area contributed by atoms with Crippen molar-refractivity contribution in [3.8, 4) is 0 Å². The van der Waals surface area contributed by atoms with Crippen molar-refractivity contribution in [2.75, 3.05) is 6.54 Å². The van der Waals surface area contributed by atoms with E-state index in [-0.39, 0.29) is 11.5 Å². The van der Waals surface area contributed by atoms with E-state index in [1.165, 1.54) is 0 Å². The summed E-state index contributed by atoms with van der Waals surface area (Å²) < 4.78 is 5.79. The second-order valence-electron chi connectivity index (χ2n) is 6.98. The Morgan fingerprint density at radius 1 is 1.19 bits per heavy atom. The molecule has 3 nitrogen and oxygen atoms in total. The van der Waals surface area contributed by atoms with Crippen LogP contribution in [-0.2, 0) is 4.74 Å². The van der Waals surface area contributed by atoms with E-state index in [0.717, 1.165) is 37.8 Å². The lowest BCUT2D eigenvalue weighted by atomic mass is 9.91. The first-order valence-electron chi connectivity index (χ1n) is 8.21. The second kappa shape index (κ2) is 6.07. The Balaban J connectivity index is 1.57. The van der Waals surface area contributed by atoms with E-state index < -0.39 is 0 Å². The number of hydrogen-bond acceptors (Lipinski definition) is 3. The fourth-order valence-electron chi connectivity index (χ4n) is 3.62. The minimum atomic E-state index is -0.346. The van der Waals surface area contributed by atoms with Crippen molar-refractivity contribution in [2.24, 2.45) is 5.41 Å².